The number of rotatable bonds is 5. The maximum Gasteiger partial charge on any atom is 0.269 e. The van der Waals surface area contributed by atoms with E-state index in [2.05, 4.69) is 10.3 Å². The van der Waals surface area contributed by atoms with Crippen molar-refractivity contribution < 1.29 is 13.3 Å². The summed E-state index contributed by atoms with van der Waals surface area (Å²) in [5.41, 5.74) is 2.08. The monoisotopic (exact) mass is 439 g/mol. The molecule has 1 heterocycles. The van der Waals surface area contributed by atoms with E-state index in [9.17, 15) is 18.5 Å². The zero-order valence-electron chi connectivity index (χ0n) is 15.3. The lowest BCUT2D eigenvalue weighted by Crippen LogP contribution is -2.02. The van der Waals surface area contributed by atoms with Gasteiger partial charge in [0.2, 0.25) is 9.84 Å². The van der Waals surface area contributed by atoms with E-state index in [-0.39, 0.29) is 15.5 Å². The van der Waals surface area contributed by atoms with Crippen molar-refractivity contribution in [3.05, 3.63) is 94.1 Å². The number of fused-ring (bicyclic) bond motifs is 1. The fourth-order valence-electron chi connectivity index (χ4n) is 2.99. The minimum absolute atomic E-state index is 0.00850. The molecule has 0 fully saturated rings. The molecule has 0 radical (unpaired) electrons. The highest BCUT2D eigenvalue weighted by Gasteiger charge is 2.19. The Morgan fingerprint density at radius 1 is 0.900 bits per heavy atom. The van der Waals surface area contributed by atoms with Crippen molar-refractivity contribution in [2.75, 3.05) is 5.32 Å². The smallest absolute Gasteiger partial charge is 0.269 e. The fraction of sp³-hybridized carbons (Fsp3) is 0. The topological polar surface area (TPSA) is 102 Å². The van der Waals surface area contributed by atoms with Gasteiger partial charge >= 0.3 is 0 Å². The molecule has 4 aromatic rings. The number of hydrogen-bond acceptors (Lipinski definition) is 6. The molecule has 4 rings (SSSR count). The number of aromatic nitrogens is 1. The first-order valence-electron chi connectivity index (χ1n) is 8.75. The molecule has 0 aliphatic carbocycles. The Labute approximate surface area is 177 Å². The number of pyridine rings is 1. The Morgan fingerprint density at radius 2 is 1.53 bits per heavy atom. The highest BCUT2D eigenvalue weighted by molar-refractivity contribution is 7.91. The Bertz CT molecular complexity index is 1360. The second-order valence-corrected chi connectivity index (χ2v) is 8.81. The summed E-state index contributed by atoms with van der Waals surface area (Å²) in [7, 11) is -3.79. The first-order valence-corrected chi connectivity index (χ1v) is 10.6. The summed E-state index contributed by atoms with van der Waals surface area (Å²) in [5, 5.41) is 15.5. The average molecular weight is 440 g/mol. The summed E-state index contributed by atoms with van der Waals surface area (Å²) in [4.78, 5) is 14.6. The van der Waals surface area contributed by atoms with Crippen LogP contribution in [-0.4, -0.2) is 18.3 Å². The third-order valence-electron chi connectivity index (χ3n) is 4.51. The number of benzene rings is 3. The second-order valence-electron chi connectivity index (χ2n) is 6.42. The molecule has 0 spiro atoms. The molecule has 0 aliphatic rings. The van der Waals surface area contributed by atoms with Crippen LogP contribution in [0.1, 0.15) is 0 Å². The van der Waals surface area contributed by atoms with E-state index in [1.165, 1.54) is 36.4 Å². The molecule has 0 atom stereocenters. The first-order chi connectivity index (χ1) is 14.3. The summed E-state index contributed by atoms with van der Waals surface area (Å²) >= 11 is 6.02. The van der Waals surface area contributed by atoms with Crippen molar-refractivity contribution in [1.29, 1.82) is 0 Å². The van der Waals surface area contributed by atoms with Crippen molar-refractivity contribution >= 4 is 49.4 Å². The summed E-state index contributed by atoms with van der Waals surface area (Å²) in [6, 6.07) is 18.3. The number of nitrogens with one attached hydrogen (secondary N) is 1. The zero-order chi connectivity index (χ0) is 21.3. The molecular formula is C21H14ClN3O4S. The highest BCUT2D eigenvalue weighted by Crippen LogP contribution is 2.29. The average Bonchev–Trinajstić information content (AvgIpc) is 2.74. The Kier molecular flexibility index (Phi) is 5.11. The van der Waals surface area contributed by atoms with Crippen LogP contribution in [0.25, 0.3) is 10.9 Å². The minimum atomic E-state index is -3.79. The largest absolute Gasteiger partial charge is 0.355 e. The lowest BCUT2D eigenvalue weighted by atomic mass is 10.2. The molecule has 7 nitrogen and oxygen atoms in total. The molecule has 0 saturated heterocycles. The number of sulfone groups is 1. The molecule has 1 aromatic heterocycles. The van der Waals surface area contributed by atoms with E-state index < -0.39 is 14.8 Å². The van der Waals surface area contributed by atoms with Crippen LogP contribution in [0.2, 0.25) is 5.02 Å². The lowest BCUT2D eigenvalue weighted by Gasteiger charge is -2.11. The number of non-ortho nitro benzene ring substituents is 1. The zero-order valence-corrected chi connectivity index (χ0v) is 16.9. The molecule has 0 bridgehead atoms. The van der Waals surface area contributed by atoms with Crippen LogP contribution in [0.3, 0.4) is 0 Å². The van der Waals surface area contributed by atoms with E-state index in [0.717, 1.165) is 16.6 Å². The number of nitrogens with zero attached hydrogens (tertiary/aromatic N) is 2. The van der Waals surface area contributed by atoms with Crippen molar-refractivity contribution in [1.82, 2.24) is 4.98 Å². The van der Waals surface area contributed by atoms with Crippen LogP contribution in [-0.2, 0) is 9.84 Å². The van der Waals surface area contributed by atoms with Gasteiger partial charge in [0.05, 0.1) is 20.2 Å². The second kappa shape index (κ2) is 7.74. The maximum atomic E-state index is 12.8. The molecule has 0 amide bonds. The maximum absolute atomic E-state index is 12.8. The van der Waals surface area contributed by atoms with Crippen molar-refractivity contribution in [3.63, 3.8) is 0 Å². The van der Waals surface area contributed by atoms with Crippen LogP contribution in [0.15, 0.2) is 88.8 Å². The number of hydrogen-bond donors (Lipinski definition) is 1. The quantitative estimate of drug-likeness (QED) is 0.331. The predicted octanol–water partition coefficient (Wildman–Crippen LogP) is 5.37. The van der Waals surface area contributed by atoms with E-state index in [1.807, 2.05) is 12.1 Å². The van der Waals surface area contributed by atoms with Gasteiger partial charge in [0.15, 0.2) is 0 Å². The van der Waals surface area contributed by atoms with Crippen LogP contribution < -0.4 is 5.32 Å². The van der Waals surface area contributed by atoms with Gasteiger partial charge in [0.25, 0.3) is 5.69 Å². The van der Waals surface area contributed by atoms with Crippen molar-refractivity contribution in [3.8, 4) is 0 Å². The Hall–Kier alpha value is -3.49. The lowest BCUT2D eigenvalue weighted by molar-refractivity contribution is -0.384. The van der Waals surface area contributed by atoms with Crippen LogP contribution in [0.5, 0.6) is 0 Å². The van der Waals surface area contributed by atoms with Crippen LogP contribution in [0.4, 0.5) is 17.1 Å². The third kappa shape index (κ3) is 3.83. The van der Waals surface area contributed by atoms with Crippen molar-refractivity contribution in [2.45, 2.75) is 9.79 Å². The fourth-order valence-corrected chi connectivity index (χ4v) is 4.41. The predicted molar refractivity (Wildman–Crippen MR) is 115 cm³/mol. The molecule has 1 N–H and O–H groups in total. The number of nitro benzene ring substituents is 1. The summed E-state index contributed by atoms with van der Waals surface area (Å²) in [6.45, 7) is 0. The SMILES string of the molecule is O=[N+]([O-])c1ccc(S(=O)(=O)c2ccc(Nc3ccnc4cc(Cl)ccc34)cc2)cc1. The number of anilines is 2. The minimum Gasteiger partial charge on any atom is -0.355 e. The van der Waals surface area contributed by atoms with E-state index in [1.54, 1.807) is 30.5 Å². The first kappa shape index (κ1) is 19.8. The van der Waals surface area contributed by atoms with Crippen LogP contribution in [0, 0.1) is 10.1 Å². The molecule has 0 aliphatic heterocycles. The van der Waals surface area contributed by atoms with Gasteiger partial charge in [-0.2, -0.15) is 0 Å². The van der Waals surface area contributed by atoms with Gasteiger partial charge in [0.1, 0.15) is 0 Å². The van der Waals surface area contributed by atoms with E-state index in [0.29, 0.717) is 10.7 Å². The third-order valence-corrected chi connectivity index (χ3v) is 6.53. The van der Waals surface area contributed by atoms with Crippen molar-refractivity contribution in [2.24, 2.45) is 0 Å². The number of halogens is 1. The molecular weight excluding hydrogens is 426 g/mol. The van der Waals surface area contributed by atoms with E-state index in [4.69, 9.17) is 11.6 Å². The highest BCUT2D eigenvalue weighted by atomic mass is 35.5. The molecule has 30 heavy (non-hydrogen) atoms. The Balaban J connectivity index is 1.61. The Morgan fingerprint density at radius 3 is 2.17 bits per heavy atom. The van der Waals surface area contributed by atoms with Gasteiger partial charge in [-0.1, -0.05) is 11.6 Å². The summed E-state index contributed by atoms with van der Waals surface area (Å²) < 4.78 is 25.6. The molecule has 150 valence electrons. The molecule has 3 aromatic carbocycles. The van der Waals surface area contributed by atoms with Gasteiger partial charge in [-0.05, 0) is 60.7 Å². The van der Waals surface area contributed by atoms with Crippen LogP contribution >= 0.6 is 11.6 Å². The molecule has 9 heteroatoms. The summed E-state index contributed by atoms with van der Waals surface area (Å²) in [6.07, 6.45) is 1.66. The number of nitro groups is 1. The van der Waals surface area contributed by atoms with Gasteiger partial charge in [-0.15, -0.1) is 0 Å². The van der Waals surface area contributed by atoms with Gasteiger partial charge in [-0.25, -0.2) is 8.42 Å². The molecule has 0 unspecified atom stereocenters. The normalized spacial score (nSPS) is 11.4. The standard InChI is InChI=1S/C21H14ClN3O4S/c22-14-1-10-19-20(11-12-23-21(19)13-14)24-15-2-6-17(7-3-15)30(28,29)18-8-4-16(5-9-18)25(26)27/h1-13H,(H,23,24). The van der Waals surface area contributed by atoms with Gasteiger partial charge < -0.3 is 5.32 Å². The van der Waals surface area contributed by atoms with E-state index >= 15 is 0 Å². The van der Waals surface area contributed by atoms with Gasteiger partial charge in [0, 0.05) is 40.1 Å². The summed E-state index contributed by atoms with van der Waals surface area (Å²) in [5.74, 6) is 0. The van der Waals surface area contributed by atoms with Gasteiger partial charge in [-0.3, -0.25) is 15.1 Å². The molecule has 0 saturated carbocycles.